The molecule has 1 saturated heterocycles. The van der Waals surface area contributed by atoms with Crippen molar-refractivity contribution in [3.63, 3.8) is 0 Å². The molecule has 0 saturated carbocycles. The van der Waals surface area contributed by atoms with Gasteiger partial charge < -0.3 is 20.1 Å². The Kier molecular flexibility index (Phi) is 6.88. The highest BCUT2D eigenvalue weighted by Crippen LogP contribution is 2.19. The molecule has 2 N–H and O–H groups in total. The molecule has 3 amide bonds. The average molecular weight is 445 g/mol. The summed E-state index contributed by atoms with van der Waals surface area (Å²) in [5.41, 5.74) is 2.92. The van der Waals surface area contributed by atoms with Crippen molar-refractivity contribution in [2.24, 2.45) is 0 Å². The number of hydrogen-bond donors (Lipinski definition) is 2. The molecule has 1 fully saturated rings. The lowest BCUT2D eigenvalue weighted by molar-refractivity contribution is -0.141. The zero-order chi connectivity index (χ0) is 23.2. The molecule has 7 heteroatoms. The van der Waals surface area contributed by atoms with E-state index in [1.807, 2.05) is 60.8 Å². The van der Waals surface area contributed by atoms with Crippen molar-refractivity contribution in [1.82, 2.24) is 20.1 Å². The second kappa shape index (κ2) is 10.2. The van der Waals surface area contributed by atoms with Gasteiger partial charge in [0.15, 0.2) is 0 Å². The van der Waals surface area contributed by atoms with Crippen molar-refractivity contribution in [2.45, 2.75) is 19.4 Å². The summed E-state index contributed by atoms with van der Waals surface area (Å²) in [7, 11) is 0. The Morgan fingerprint density at radius 2 is 1.64 bits per heavy atom. The highest BCUT2D eigenvalue weighted by molar-refractivity contribution is 5.95. The molecule has 0 bridgehead atoms. The molecule has 0 radical (unpaired) electrons. The zero-order valence-electron chi connectivity index (χ0n) is 18.7. The van der Waals surface area contributed by atoms with Crippen LogP contribution in [-0.2, 0) is 20.8 Å². The summed E-state index contributed by atoms with van der Waals surface area (Å²) in [4.78, 5) is 44.5. The Balaban J connectivity index is 1.25. The number of rotatable bonds is 6. The summed E-state index contributed by atoms with van der Waals surface area (Å²) in [6, 6.07) is 16.8. The monoisotopic (exact) mass is 444 g/mol. The number of nitrogens with one attached hydrogen (secondary N) is 2. The van der Waals surface area contributed by atoms with Gasteiger partial charge in [0.05, 0.1) is 6.42 Å². The van der Waals surface area contributed by atoms with Gasteiger partial charge in [0.2, 0.25) is 17.7 Å². The van der Waals surface area contributed by atoms with Crippen LogP contribution in [0.2, 0.25) is 0 Å². The van der Waals surface area contributed by atoms with E-state index in [0.29, 0.717) is 32.6 Å². The van der Waals surface area contributed by atoms with Gasteiger partial charge in [0.25, 0.3) is 0 Å². The Morgan fingerprint density at radius 3 is 2.39 bits per heavy atom. The van der Waals surface area contributed by atoms with Crippen molar-refractivity contribution in [3.05, 3.63) is 78.0 Å². The highest BCUT2D eigenvalue weighted by Gasteiger charge is 2.27. The highest BCUT2D eigenvalue weighted by atomic mass is 16.2. The lowest BCUT2D eigenvalue weighted by Gasteiger charge is -2.36. The zero-order valence-corrected chi connectivity index (χ0v) is 18.7. The number of piperazine rings is 1. The van der Waals surface area contributed by atoms with Gasteiger partial charge in [0, 0.05) is 49.4 Å². The predicted octanol–water partition coefficient (Wildman–Crippen LogP) is 2.60. The number of hydrogen-bond acceptors (Lipinski definition) is 3. The van der Waals surface area contributed by atoms with E-state index in [4.69, 9.17) is 0 Å². The van der Waals surface area contributed by atoms with Crippen LogP contribution < -0.4 is 5.32 Å². The fourth-order valence-electron chi connectivity index (χ4n) is 4.06. The van der Waals surface area contributed by atoms with Crippen LogP contribution in [-0.4, -0.2) is 64.7 Å². The van der Waals surface area contributed by atoms with E-state index in [9.17, 15) is 14.4 Å². The van der Waals surface area contributed by atoms with Gasteiger partial charge in [-0.15, -0.1) is 0 Å². The largest absolute Gasteiger partial charge is 0.361 e. The van der Waals surface area contributed by atoms with Gasteiger partial charge in [-0.25, -0.2) is 0 Å². The number of amides is 3. The molecule has 1 aromatic heterocycles. The van der Waals surface area contributed by atoms with Crippen molar-refractivity contribution in [1.29, 1.82) is 0 Å². The molecule has 7 nitrogen and oxygen atoms in total. The van der Waals surface area contributed by atoms with Crippen molar-refractivity contribution < 1.29 is 14.4 Å². The van der Waals surface area contributed by atoms with Crippen molar-refractivity contribution in [3.8, 4) is 0 Å². The lowest BCUT2D eigenvalue weighted by Crippen LogP contribution is -2.55. The van der Waals surface area contributed by atoms with Gasteiger partial charge >= 0.3 is 0 Å². The molecule has 3 aromatic rings. The summed E-state index contributed by atoms with van der Waals surface area (Å²) in [5, 5.41) is 3.79. The molecule has 33 heavy (non-hydrogen) atoms. The maximum absolute atomic E-state index is 12.8. The summed E-state index contributed by atoms with van der Waals surface area (Å²) in [5.74, 6) is -0.397. The lowest BCUT2D eigenvalue weighted by atomic mass is 10.1. The molecule has 1 unspecified atom stereocenters. The second-order valence-corrected chi connectivity index (χ2v) is 8.22. The molecule has 1 atom stereocenters. The number of fused-ring (bicyclic) bond motifs is 1. The van der Waals surface area contributed by atoms with Gasteiger partial charge in [-0.2, -0.15) is 0 Å². The third-order valence-electron chi connectivity index (χ3n) is 5.92. The van der Waals surface area contributed by atoms with Crippen LogP contribution >= 0.6 is 0 Å². The second-order valence-electron chi connectivity index (χ2n) is 8.22. The topological polar surface area (TPSA) is 85.5 Å². The third kappa shape index (κ3) is 5.49. The van der Waals surface area contributed by atoms with E-state index in [1.165, 1.54) is 6.08 Å². The minimum Gasteiger partial charge on any atom is -0.361 e. The Hall–Kier alpha value is -3.87. The van der Waals surface area contributed by atoms with Gasteiger partial charge in [-0.1, -0.05) is 48.5 Å². The molecule has 4 rings (SSSR count). The summed E-state index contributed by atoms with van der Waals surface area (Å²) >= 11 is 0. The van der Waals surface area contributed by atoms with Crippen LogP contribution in [0.3, 0.4) is 0 Å². The quantitative estimate of drug-likeness (QED) is 0.573. The minimum absolute atomic E-state index is 0.0549. The smallest absolute Gasteiger partial charge is 0.244 e. The normalized spacial score (nSPS) is 15.1. The maximum Gasteiger partial charge on any atom is 0.244 e. The van der Waals surface area contributed by atoms with E-state index >= 15 is 0 Å². The maximum atomic E-state index is 12.8. The van der Waals surface area contributed by atoms with Crippen molar-refractivity contribution in [2.75, 3.05) is 26.2 Å². The summed E-state index contributed by atoms with van der Waals surface area (Å²) in [6.07, 6.45) is 5.36. The molecule has 0 spiro atoms. The first-order chi connectivity index (χ1) is 16.0. The predicted molar refractivity (Wildman–Crippen MR) is 128 cm³/mol. The number of aromatic nitrogens is 1. The number of carbonyl (C=O) groups excluding carboxylic acids is 3. The standard InChI is InChI=1S/C26H28N4O3/c1-19(28-24(31)12-11-20-7-3-2-4-8-20)26(33)30-15-13-29(14-16-30)25(32)17-21-18-27-23-10-6-5-9-22(21)23/h2-12,18-19,27H,13-17H2,1H3,(H,28,31). The van der Waals surface area contributed by atoms with Crippen LogP contribution in [0.1, 0.15) is 18.1 Å². The molecule has 2 aromatic carbocycles. The Labute approximate surface area is 193 Å². The fourth-order valence-corrected chi connectivity index (χ4v) is 4.06. The third-order valence-corrected chi connectivity index (χ3v) is 5.92. The molecular formula is C26H28N4O3. The molecule has 2 heterocycles. The number of aromatic amines is 1. The number of benzene rings is 2. The molecule has 0 aliphatic carbocycles. The van der Waals surface area contributed by atoms with Crippen molar-refractivity contribution >= 4 is 34.7 Å². The van der Waals surface area contributed by atoms with Crippen LogP contribution in [0.4, 0.5) is 0 Å². The molecule has 1 aliphatic heterocycles. The first-order valence-electron chi connectivity index (χ1n) is 11.2. The minimum atomic E-state index is -0.633. The first-order valence-corrected chi connectivity index (χ1v) is 11.2. The van der Waals surface area contributed by atoms with Crippen LogP contribution in [0.15, 0.2) is 66.9 Å². The number of nitrogens with zero attached hydrogens (tertiary/aromatic N) is 2. The van der Waals surface area contributed by atoms with E-state index in [1.54, 1.807) is 22.8 Å². The fraction of sp³-hybridized carbons (Fsp3) is 0.269. The Bertz CT molecular complexity index is 1160. The molecule has 170 valence electrons. The first kappa shape index (κ1) is 22.3. The van der Waals surface area contributed by atoms with Crippen LogP contribution in [0.5, 0.6) is 0 Å². The van der Waals surface area contributed by atoms with E-state index < -0.39 is 6.04 Å². The molecular weight excluding hydrogens is 416 g/mol. The van der Waals surface area contributed by atoms with Gasteiger partial charge in [-0.3, -0.25) is 14.4 Å². The average Bonchev–Trinajstić information content (AvgIpc) is 3.25. The Morgan fingerprint density at radius 1 is 0.970 bits per heavy atom. The van der Waals surface area contributed by atoms with Gasteiger partial charge in [0.1, 0.15) is 6.04 Å². The number of para-hydroxylation sites is 1. The summed E-state index contributed by atoms with van der Waals surface area (Å²) < 4.78 is 0. The number of carbonyl (C=O) groups is 3. The van der Waals surface area contributed by atoms with Crippen LogP contribution in [0, 0.1) is 0 Å². The van der Waals surface area contributed by atoms with E-state index in [-0.39, 0.29) is 17.7 Å². The van der Waals surface area contributed by atoms with Gasteiger partial charge in [-0.05, 0) is 30.2 Å². The molecule has 1 aliphatic rings. The number of H-pyrrole nitrogens is 1. The van der Waals surface area contributed by atoms with Crippen LogP contribution in [0.25, 0.3) is 17.0 Å². The van der Waals surface area contributed by atoms with E-state index in [0.717, 1.165) is 22.0 Å². The van der Waals surface area contributed by atoms with E-state index in [2.05, 4.69) is 10.3 Å². The summed E-state index contributed by atoms with van der Waals surface area (Å²) in [6.45, 7) is 3.57. The SMILES string of the molecule is CC(NC(=O)C=Cc1ccccc1)C(=O)N1CCN(C(=O)Cc2c[nH]c3ccccc23)CC1.